The van der Waals surface area contributed by atoms with E-state index < -0.39 is 52.4 Å². The Bertz CT molecular complexity index is 1020. The lowest BCUT2D eigenvalue weighted by atomic mass is 9.58. The van der Waals surface area contributed by atoms with E-state index in [9.17, 15) is 24.9 Å². The summed E-state index contributed by atoms with van der Waals surface area (Å²) < 4.78 is 17.1. The van der Waals surface area contributed by atoms with Gasteiger partial charge in [0.2, 0.25) is 17.0 Å². The monoisotopic (exact) mass is 466 g/mol. The van der Waals surface area contributed by atoms with Gasteiger partial charge < -0.3 is 29.5 Å². The molecule has 3 N–H and O–H groups in total. The number of hydrogen-bond donors (Lipinski definition) is 3. The van der Waals surface area contributed by atoms with E-state index in [1.54, 1.807) is 13.0 Å². The third-order valence-corrected chi connectivity index (χ3v) is 7.48. The first kappa shape index (κ1) is 23.0. The minimum atomic E-state index is -2.55. The second-order valence-corrected chi connectivity index (χ2v) is 9.46. The van der Waals surface area contributed by atoms with Gasteiger partial charge >= 0.3 is 5.97 Å². The second-order valence-electron chi connectivity index (χ2n) is 9.08. The molecule has 0 spiro atoms. The van der Waals surface area contributed by atoms with Crippen LogP contribution in [-0.2, 0) is 23.8 Å². The molecule has 7 atom stereocenters. The summed E-state index contributed by atoms with van der Waals surface area (Å²) in [5.74, 6) is -2.28. The Balaban J connectivity index is 2.00. The van der Waals surface area contributed by atoms with Gasteiger partial charge in [0.05, 0.1) is 11.1 Å². The molecule has 1 saturated heterocycles. The topological polar surface area (TPSA) is 123 Å². The van der Waals surface area contributed by atoms with Crippen LogP contribution in [0.5, 0.6) is 0 Å². The molecule has 0 saturated carbocycles. The molecule has 0 aromatic heterocycles. The van der Waals surface area contributed by atoms with Crippen molar-refractivity contribution in [1.29, 1.82) is 0 Å². The number of aliphatic hydroxyl groups excluding tert-OH is 1. The predicted octanol–water partition coefficient (Wildman–Crippen LogP) is 1.98. The van der Waals surface area contributed by atoms with E-state index in [0.717, 1.165) is 6.42 Å². The molecule has 1 fully saturated rings. The molecule has 0 radical (unpaired) electrons. The first-order valence-corrected chi connectivity index (χ1v) is 11.0. The van der Waals surface area contributed by atoms with Crippen LogP contribution in [0, 0.1) is 11.8 Å². The van der Waals surface area contributed by atoms with E-state index in [1.807, 2.05) is 19.9 Å². The molecule has 32 heavy (non-hydrogen) atoms. The third-order valence-electron chi connectivity index (χ3n) is 7.11. The first-order valence-electron chi connectivity index (χ1n) is 10.6. The predicted molar refractivity (Wildman–Crippen MR) is 113 cm³/mol. The van der Waals surface area contributed by atoms with E-state index in [4.69, 9.17) is 25.8 Å². The fourth-order valence-corrected chi connectivity index (χ4v) is 4.99. The molecule has 3 heterocycles. The Morgan fingerprint density at radius 1 is 1.22 bits per heavy atom. The van der Waals surface area contributed by atoms with Crippen LogP contribution in [0.3, 0.4) is 0 Å². The quantitative estimate of drug-likeness (QED) is 0.526. The lowest BCUT2D eigenvalue weighted by molar-refractivity contribution is -0.288. The number of ketones is 1. The first-order chi connectivity index (χ1) is 14.8. The summed E-state index contributed by atoms with van der Waals surface area (Å²) in [6, 6.07) is 0. The van der Waals surface area contributed by atoms with E-state index in [0.29, 0.717) is 0 Å². The van der Waals surface area contributed by atoms with Crippen molar-refractivity contribution in [1.82, 2.24) is 0 Å². The number of carbonyl (C=O) groups excluding carboxylic acids is 2. The van der Waals surface area contributed by atoms with Crippen molar-refractivity contribution in [3.05, 3.63) is 45.9 Å². The molecular weight excluding hydrogens is 440 g/mol. The molecule has 1 aliphatic carbocycles. The number of allylic oxidation sites excluding steroid dienone is 2. The second kappa shape index (κ2) is 7.18. The van der Waals surface area contributed by atoms with Crippen LogP contribution < -0.4 is 0 Å². The highest BCUT2D eigenvalue weighted by molar-refractivity contribution is 6.45. The zero-order valence-electron chi connectivity index (χ0n) is 18.5. The molecule has 0 unspecified atom stereocenters. The molecule has 174 valence electrons. The van der Waals surface area contributed by atoms with Gasteiger partial charge in [0.15, 0.2) is 5.60 Å². The Labute approximate surface area is 190 Å². The Kier molecular flexibility index (Phi) is 5.17. The molecule has 8 nitrogen and oxygen atoms in total. The maximum Gasteiger partial charge on any atom is 0.341 e. The maximum atomic E-state index is 13.2. The zero-order valence-corrected chi connectivity index (χ0v) is 19.3. The SMILES string of the molecule is CC[C@H](C)C=CC1=CC2=C(Cl)C(=O)[C@@]3(C)OC(=O)C4=C([C@H](C)[C@H](C)O)O[C@@H](O1)[C@@]2(O)[C@@]43O. The fourth-order valence-electron chi connectivity index (χ4n) is 4.61. The standard InChI is InChI=1S/C23H27ClO8/c1-6-10(2)7-8-13-9-14-16(24)18(26)21(5)23(29)15(19(27)32-21)17(11(3)12(4)25)31-20(30-13)22(14,23)28/h7-12,20,25,28-29H,6H2,1-5H3/t10-,11+,12-,20+,21+,22+,23+/m0/s1. The molecule has 4 rings (SSSR count). The average molecular weight is 467 g/mol. The number of Topliss-reactive ketones (excluding diaryl/α,β-unsaturated/α-hetero) is 1. The molecule has 3 aliphatic heterocycles. The zero-order chi connectivity index (χ0) is 23.8. The van der Waals surface area contributed by atoms with Crippen molar-refractivity contribution in [3.8, 4) is 0 Å². The summed E-state index contributed by atoms with van der Waals surface area (Å²) in [7, 11) is 0. The van der Waals surface area contributed by atoms with Crippen LogP contribution in [0.25, 0.3) is 0 Å². The van der Waals surface area contributed by atoms with E-state index in [-0.39, 0.29) is 28.0 Å². The molecule has 4 aliphatic rings. The van der Waals surface area contributed by atoms with Gasteiger partial charge in [-0.05, 0) is 31.9 Å². The Morgan fingerprint density at radius 2 is 1.88 bits per heavy atom. The molecule has 0 aromatic rings. The van der Waals surface area contributed by atoms with Crippen LogP contribution in [-0.4, -0.2) is 56.3 Å². The lowest BCUT2D eigenvalue weighted by Gasteiger charge is -2.56. The van der Waals surface area contributed by atoms with Crippen LogP contribution in [0.15, 0.2) is 45.9 Å². The van der Waals surface area contributed by atoms with Gasteiger partial charge in [-0.15, -0.1) is 0 Å². The Hall–Kier alpha value is -2.13. The van der Waals surface area contributed by atoms with Crippen molar-refractivity contribution in [2.45, 2.75) is 70.2 Å². The van der Waals surface area contributed by atoms with Crippen molar-refractivity contribution in [3.63, 3.8) is 0 Å². The summed E-state index contributed by atoms with van der Waals surface area (Å²) in [5, 5.41) is 33.6. The van der Waals surface area contributed by atoms with Crippen molar-refractivity contribution in [2.24, 2.45) is 11.8 Å². The number of hydrogen-bond acceptors (Lipinski definition) is 8. The Morgan fingerprint density at radius 3 is 2.47 bits per heavy atom. The number of aliphatic hydroxyl groups is 3. The third kappa shape index (κ3) is 2.61. The maximum absolute atomic E-state index is 13.2. The van der Waals surface area contributed by atoms with E-state index >= 15 is 0 Å². The summed E-state index contributed by atoms with van der Waals surface area (Å²) in [6.07, 6.45) is 3.27. The van der Waals surface area contributed by atoms with Crippen molar-refractivity contribution < 1.29 is 39.1 Å². The van der Waals surface area contributed by atoms with Gasteiger partial charge in [-0.2, -0.15) is 0 Å². The number of rotatable bonds is 5. The lowest BCUT2D eigenvalue weighted by Crippen LogP contribution is -2.77. The van der Waals surface area contributed by atoms with Crippen LogP contribution in [0.2, 0.25) is 0 Å². The average Bonchev–Trinajstić information content (AvgIpc) is 2.96. The minimum absolute atomic E-state index is 0.108. The summed E-state index contributed by atoms with van der Waals surface area (Å²) in [5.41, 5.74) is -7.71. The largest absolute Gasteiger partial charge is 0.455 e. The smallest absolute Gasteiger partial charge is 0.341 e. The van der Waals surface area contributed by atoms with Gasteiger partial charge in [0.25, 0.3) is 6.29 Å². The molecule has 0 aromatic carbocycles. The van der Waals surface area contributed by atoms with Crippen molar-refractivity contribution in [2.75, 3.05) is 0 Å². The van der Waals surface area contributed by atoms with E-state index in [1.165, 1.54) is 19.9 Å². The summed E-state index contributed by atoms with van der Waals surface area (Å²) >= 11 is 6.37. The van der Waals surface area contributed by atoms with Crippen molar-refractivity contribution >= 4 is 23.4 Å². The van der Waals surface area contributed by atoms with Crippen LogP contribution in [0.4, 0.5) is 0 Å². The highest BCUT2D eigenvalue weighted by atomic mass is 35.5. The van der Waals surface area contributed by atoms with Crippen LogP contribution >= 0.6 is 11.6 Å². The van der Waals surface area contributed by atoms with Gasteiger partial charge in [-0.1, -0.05) is 44.9 Å². The molecule has 9 heteroatoms. The van der Waals surface area contributed by atoms with Crippen LogP contribution in [0.1, 0.15) is 41.0 Å². The van der Waals surface area contributed by atoms with E-state index in [2.05, 4.69) is 0 Å². The van der Waals surface area contributed by atoms with Gasteiger partial charge in [-0.3, -0.25) is 4.79 Å². The van der Waals surface area contributed by atoms with Gasteiger partial charge in [0, 0.05) is 11.5 Å². The molecule has 0 amide bonds. The number of esters is 1. The summed E-state index contributed by atoms with van der Waals surface area (Å²) in [6.45, 7) is 8.31. The molecular formula is C23H27ClO8. The minimum Gasteiger partial charge on any atom is -0.455 e. The summed E-state index contributed by atoms with van der Waals surface area (Å²) in [4.78, 5) is 26.1. The number of carbonyl (C=O) groups is 2. The van der Waals surface area contributed by atoms with Gasteiger partial charge in [0.1, 0.15) is 17.1 Å². The number of ether oxygens (including phenoxy) is 3. The number of halogens is 1. The molecule has 0 bridgehead atoms. The highest BCUT2D eigenvalue weighted by Crippen LogP contribution is 2.62. The normalized spacial score (nSPS) is 38.7. The highest BCUT2D eigenvalue weighted by Gasteiger charge is 2.83. The fraction of sp³-hybridized carbons (Fsp3) is 0.565. The van der Waals surface area contributed by atoms with Gasteiger partial charge in [-0.25, -0.2) is 4.79 Å².